The molecule has 0 N–H and O–H groups in total. The number of hydrogen-bond acceptors (Lipinski definition) is 3. The van der Waals surface area contributed by atoms with Gasteiger partial charge in [0.05, 0.1) is 23.5 Å². The summed E-state index contributed by atoms with van der Waals surface area (Å²) in [7, 11) is 0. The van der Waals surface area contributed by atoms with E-state index in [2.05, 4.69) is 16.2 Å². The Morgan fingerprint density at radius 2 is 2.04 bits per heavy atom. The van der Waals surface area contributed by atoms with Crippen LogP contribution in [0.2, 0.25) is 5.15 Å². The normalized spacial score (nSPS) is 11.4. The first-order valence-electron chi connectivity index (χ1n) is 7.59. The van der Waals surface area contributed by atoms with Gasteiger partial charge in [-0.3, -0.25) is 4.98 Å². The van der Waals surface area contributed by atoms with Crippen molar-refractivity contribution in [2.24, 2.45) is 0 Å². The molecule has 4 nitrogen and oxygen atoms in total. The van der Waals surface area contributed by atoms with Crippen molar-refractivity contribution in [2.45, 2.75) is 13.5 Å². The monoisotopic (exact) mass is 352 g/mol. The predicted octanol–water partition coefficient (Wildman–Crippen LogP) is 4.49. The second-order valence-electron chi connectivity index (χ2n) is 5.46. The molecule has 0 saturated heterocycles. The molecule has 0 spiro atoms. The van der Waals surface area contributed by atoms with Gasteiger partial charge in [0.2, 0.25) is 0 Å². The molecule has 2 aromatic heterocycles. The fourth-order valence-electron chi connectivity index (χ4n) is 2.43. The van der Waals surface area contributed by atoms with Gasteiger partial charge >= 0.3 is 0 Å². The van der Waals surface area contributed by atoms with E-state index < -0.39 is 0 Å². The van der Waals surface area contributed by atoms with E-state index in [1.54, 1.807) is 41.2 Å². The molecule has 0 unspecified atom stereocenters. The van der Waals surface area contributed by atoms with E-state index >= 15 is 0 Å². The zero-order valence-electron chi connectivity index (χ0n) is 13.4. The third-order valence-electron chi connectivity index (χ3n) is 3.70. The fraction of sp³-hybridized carbons (Fsp3) is 0.105. The van der Waals surface area contributed by atoms with Gasteiger partial charge in [-0.2, -0.15) is 10.4 Å². The molecule has 0 aliphatic rings. The SMILES string of the molecule is Cc1nn(Cc2ccc(F)cc2)c(Cl)c1/C=C(\C#N)c1ccccn1. The first kappa shape index (κ1) is 16.9. The second kappa shape index (κ2) is 7.29. The minimum atomic E-state index is -0.288. The summed E-state index contributed by atoms with van der Waals surface area (Å²) in [4.78, 5) is 4.19. The Bertz CT molecular complexity index is 954. The molecule has 0 atom stereocenters. The molecule has 1 aromatic carbocycles. The molecule has 0 bridgehead atoms. The molecule has 25 heavy (non-hydrogen) atoms. The van der Waals surface area contributed by atoms with Crippen LogP contribution in [0.15, 0.2) is 48.7 Å². The summed E-state index contributed by atoms with van der Waals surface area (Å²) in [6.45, 7) is 2.24. The number of pyridine rings is 1. The molecule has 0 aliphatic heterocycles. The number of aromatic nitrogens is 3. The van der Waals surface area contributed by atoms with Gasteiger partial charge in [0.1, 0.15) is 17.0 Å². The zero-order chi connectivity index (χ0) is 17.8. The summed E-state index contributed by atoms with van der Waals surface area (Å²) in [5, 5.41) is 14.3. The van der Waals surface area contributed by atoms with E-state index in [1.165, 1.54) is 12.1 Å². The molecule has 0 amide bonds. The Balaban J connectivity index is 1.95. The average molecular weight is 353 g/mol. The minimum absolute atomic E-state index is 0.288. The molecule has 3 rings (SSSR count). The molecule has 0 radical (unpaired) electrons. The maximum absolute atomic E-state index is 13.0. The fourth-order valence-corrected chi connectivity index (χ4v) is 2.72. The van der Waals surface area contributed by atoms with Crippen molar-refractivity contribution in [2.75, 3.05) is 0 Å². The van der Waals surface area contributed by atoms with Gasteiger partial charge in [-0.15, -0.1) is 0 Å². The minimum Gasteiger partial charge on any atom is -0.256 e. The third-order valence-corrected chi connectivity index (χ3v) is 4.10. The van der Waals surface area contributed by atoms with E-state index in [0.717, 1.165) is 5.56 Å². The second-order valence-corrected chi connectivity index (χ2v) is 5.82. The van der Waals surface area contributed by atoms with E-state index in [0.29, 0.717) is 34.2 Å². The highest BCUT2D eigenvalue weighted by atomic mass is 35.5. The van der Waals surface area contributed by atoms with Crippen molar-refractivity contribution < 1.29 is 4.39 Å². The van der Waals surface area contributed by atoms with Crippen LogP contribution in [0, 0.1) is 24.1 Å². The van der Waals surface area contributed by atoms with Crippen molar-refractivity contribution in [3.63, 3.8) is 0 Å². The maximum Gasteiger partial charge on any atom is 0.134 e. The lowest BCUT2D eigenvalue weighted by atomic mass is 10.1. The van der Waals surface area contributed by atoms with E-state index in [4.69, 9.17) is 11.6 Å². The Labute approximate surface area is 149 Å². The maximum atomic E-state index is 13.0. The van der Waals surface area contributed by atoms with Gasteiger partial charge in [0, 0.05) is 11.8 Å². The van der Waals surface area contributed by atoms with Crippen molar-refractivity contribution in [1.29, 1.82) is 5.26 Å². The lowest BCUT2D eigenvalue weighted by molar-refractivity contribution is 0.624. The topological polar surface area (TPSA) is 54.5 Å². The zero-order valence-corrected chi connectivity index (χ0v) is 14.2. The summed E-state index contributed by atoms with van der Waals surface area (Å²) >= 11 is 6.45. The van der Waals surface area contributed by atoms with Gasteiger partial charge < -0.3 is 0 Å². The molecular formula is C19H14ClFN4. The number of benzene rings is 1. The van der Waals surface area contributed by atoms with E-state index in [1.807, 2.05) is 13.0 Å². The van der Waals surface area contributed by atoms with Gasteiger partial charge in [-0.05, 0) is 42.8 Å². The Hall–Kier alpha value is -2.97. The summed E-state index contributed by atoms with van der Waals surface area (Å²) in [5.41, 5.74) is 3.24. The number of halogens is 2. The molecule has 124 valence electrons. The average Bonchev–Trinajstić information content (AvgIpc) is 2.89. The molecular weight excluding hydrogens is 339 g/mol. The number of aryl methyl sites for hydroxylation is 1. The molecule has 6 heteroatoms. The molecule has 2 heterocycles. The molecule has 0 aliphatic carbocycles. The van der Waals surface area contributed by atoms with Gasteiger partial charge in [0.15, 0.2) is 0 Å². The lowest BCUT2D eigenvalue weighted by Gasteiger charge is -2.04. The number of hydrogen-bond donors (Lipinski definition) is 0. The first-order valence-corrected chi connectivity index (χ1v) is 7.97. The van der Waals surface area contributed by atoms with Gasteiger partial charge in [-0.25, -0.2) is 9.07 Å². The first-order chi connectivity index (χ1) is 12.1. The molecule has 3 aromatic rings. The van der Waals surface area contributed by atoms with E-state index in [9.17, 15) is 9.65 Å². The van der Waals surface area contributed by atoms with Crippen LogP contribution in [0.25, 0.3) is 11.6 Å². The van der Waals surface area contributed by atoms with Crippen molar-refractivity contribution in [3.05, 3.63) is 82.1 Å². The highest BCUT2D eigenvalue weighted by Gasteiger charge is 2.14. The van der Waals surface area contributed by atoms with Crippen LogP contribution >= 0.6 is 11.6 Å². The Morgan fingerprint density at radius 3 is 2.68 bits per heavy atom. The van der Waals surface area contributed by atoms with Crippen LogP contribution in [0.5, 0.6) is 0 Å². The Kier molecular flexibility index (Phi) is 4.92. The van der Waals surface area contributed by atoms with Crippen LogP contribution in [0.3, 0.4) is 0 Å². The van der Waals surface area contributed by atoms with Gasteiger partial charge in [-0.1, -0.05) is 29.8 Å². The molecule has 0 fully saturated rings. The van der Waals surface area contributed by atoms with Crippen LogP contribution in [0.4, 0.5) is 4.39 Å². The number of nitrogens with zero attached hydrogens (tertiary/aromatic N) is 4. The smallest absolute Gasteiger partial charge is 0.134 e. The number of allylic oxidation sites excluding steroid dienone is 1. The summed E-state index contributed by atoms with van der Waals surface area (Å²) in [6.07, 6.45) is 3.32. The quantitative estimate of drug-likeness (QED) is 0.650. The van der Waals surface area contributed by atoms with Crippen molar-refractivity contribution in [1.82, 2.24) is 14.8 Å². The van der Waals surface area contributed by atoms with E-state index in [-0.39, 0.29) is 5.82 Å². The van der Waals surface area contributed by atoms with Crippen LogP contribution < -0.4 is 0 Å². The summed E-state index contributed by atoms with van der Waals surface area (Å²) in [5.74, 6) is -0.288. The number of nitriles is 1. The summed E-state index contributed by atoms with van der Waals surface area (Å²) < 4.78 is 14.7. The third kappa shape index (κ3) is 3.76. The predicted molar refractivity (Wildman–Crippen MR) is 95.2 cm³/mol. The largest absolute Gasteiger partial charge is 0.256 e. The van der Waals surface area contributed by atoms with Crippen LogP contribution in [-0.2, 0) is 6.54 Å². The lowest BCUT2D eigenvalue weighted by Crippen LogP contribution is -2.02. The van der Waals surface area contributed by atoms with Crippen LogP contribution in [-0.4, -0.2) is 14.8 Å². The highest BCUT2D eigenvalue weighted by Crippen LogP contribution is 2.25. The summed E-state index contributed by atoms with van der Waals surface area (Å²) in [6, 6.07) is 13.7. The van der Waals surface area contributed by atoms with Crippen molar-refractivity contribution >= 4 is 23.3 Å². The molecule has 0 saturated carbocycles. The van der Waals surface area contributed by atoms with Gasteiger partial charge in [0.25, 0.3) is 0 Å². The standard InChI is InChI=1S/C19H14ClFN4/c1-13-17(10-15(11-22)18-4-2-3-9-23-18)19(20)25(24-13)12-14-5-7-16(21)8-6-14/h2-10H,12H2,1H3/b15-10+. The highest BCUT2D eigenvalue weighted by molar-refractivity contribution is 6.31. The number of rotatable bonds is 4. The van der Waals surface area contributed by atoms with Crippen LogP contribution in [0.1, 0.15) is 22.5 Å². The Morgan fingerprint density at radius 1 is 1.28 bits per heavy atom. The van der Waals surface area contributed by atoms with Crippen molar-refractivity contribution in [3.8, 4) is 6.07 Å².